The van der Waals surface area contributed by atoms with Gasteiger partial charge in [0.1, 0.15) is 12.4 Å². The predicted octanol–water partition coefficient (Wildman–Crippen LogP) is 4.73. The Bertz CT molecular complexity index is 1360. The van der Waals surface area contributed by atoms with E-state index in [4.69, 9.17) is 9.47 Å². The van der Waals surface area contributed by atoms with Crippen LogP contribution in [0.4, 0.5) is 11.4 Å². The van der Waals surface area contributed by atoms with E-state index in [-0.39, 0.29) is 29.6 Å². The van der Waals surface area contributed by atoms with Gasteiger partial charge in [0, 0.05) is 29.3 Å². The van der Waals surface area contributed by atoms with E-state index in [9.17, 15) is 25.0 Å². The summed E-state index contributed by atoms with van der Waals surface area (Å²) in [6.45, 7) is 1.72. The number of nitro benzene ring substituents is 2. The molecule has 0 radical (unpaired) electrons. The van der Waals surface area contributed by atoms with Crippen LogP contribution < -0.4 is 4.74 Å². The first kappa shape index (κ1) is 22.3. The van der Waals surface area contributed by atoms with Crippen LogP contribution in [0.2, 0.25) is 0 Å². The minimum Gasteiger partial charge on any atom is -0.489 e. The van der Waals surface area contributed by atoms with E-state index in [0.717, 1.165) is 0 Å². The Morgan fingerprint density at radius 1 is 1.00 bits per heavy atom. The normalized spacial score (nSPS) is 14.0. The second-order valence-electron chi connectivity index (χ2n) is 7.33. The molecule has 3 aromatic rings. The fourth-order valence-electron chi connectivity index (χ4n) is 3.32. The summed E-state index contributed by atoms with van der Waals surface area (Å²) in [6.07, 6.45) is 1.53. The van der Waals surface area contributed by atoms with Crippen molar-refractivity contribution in [1.29, 1.82) is 0 Å². The molecule has 0 atom stereocenters. The van der Waals surface area contributed by atoms with E-state index < -0.39 is 15.8 Å². The molecule has 1 aliphatic heterocycles. The van der Waals surface area contributed by atoms with Gasteiger partial charge < -0.3 is 9.47 Å². The Morgan fingerprint density at radius 2 is 1.74 bits per heavy atom. The maximum atomic E-state index is 12.3. The number of esters is 1. The highest BCUT2D eigenvalue weighted by Crippen LogP contribution is 2.26. The number of hydrogen-bond donors (Lipinski definition) is 0. The first-order valence-electron chi connectivity index (χ1n) is 10.0. The number of ether oxygens (including phenoxy) is 2. The summed E-state index contributed by atoms with van der Waals surface area (Å²) < 4.78 is 10.9. The number of benzene rings is 3. The van der Waals surface area contributed by atoms with Crippen LogP contribution in [0.1, 0.15) is 22.3 Å². The SMILES string of the molecule is Cc1c(C2=N/C(=C\c3ccc(OCc4cccc([N+](=O)[O-])c4)cc3)C(=O)O2)cccc1[N+](=O)[O-]. The molecular formula is C24H17N3O7. The predicted molar refractivity (Wildman–Crippen MR) is 122 cm³/mol. The van der Waals surface area contributed by atoms with Crippen molar-refractivity contribution in [3.05, 3.63) is 115 Å². The molecule has 1 aliphatic rings. The first-order valence-corrected chi connectivity index (χ1v) is 10.0. The fourth-order valence-corrected chi connectivity index (χ4v) is 3.32. The second kappa shape index (κ2) is 9.33. The van der Waals surface area contributed by atoms with Crippen LogP contribution in [0.5, 0.6) is 5.75 Å². The molecule has 1 heterocycles. The quantitative estimate of drug-likeness (QED) is 0.216. The summed E-state index contributed by atoms with van der Waals surface area (Å²) >= 11 is 0. The average molecular weight is 459 g/mol. The number of cyclic esters (lactones) is 1. The highest BCUT2D eigenvalue weighted by molar-refractivity contribution is 6.13. The van der Waals surface area contributed by atoms with E-state index in [1.807, 2.05) is 0 Å². The molecule has 0 unspecified atom stereocenters. The fraction of sp³-hybridized carbons (Fsp3) is 0.0833. The molecule has 0 saturated heterocycles. The molecular weight excluding hydrogens is 442 g/mol. The maximum Gasteiger partial charge on any atom is 0.363 e. The van der Waals surface area contributed by atoms with Crippen molar-refractivity contribution in [3.63, 3.8) is 0 Å². The van der Waals surface area contributed by atoms with Crippen molar-refractivity contribution < 1.29 is 24.1 Å². The van der Waals surface area contributed by atoms with Crippen LogP contribution in [0.3, 0.4) is 0 Å². The zero-order chi connectivity index (χ0) is 24.2. The Kier molecular flexibility index (Phi) is 6.13. The smallest absolute Gasteiger partial charge is 0.363 e. The molecule has 0 aliphatic carbocycles. The van der Waals surface area contributed by atoms with Gasteiger partial charge in [-0.1, -0.05) is 30.3 Å². The van der Waals surface area contributed by atoms with Crippen LogP contribution in [0.25, 0.3) is 6.08 Å². The summed E-state index contributed by atoms with van der Waals surface area (Å²) in [5, 5.41) is 22.0. The standard InChI is InChI=1S/C24H17N3O7/c1-15-20(6-3-7-22(15)27(31)32)23-25-21(24(28)34-23)13-16-8-10-19(11-9-16)33-14-17-4-2-5-18(12-17)26(29)30/h2-13H,14H2,1H3/b21-13-. The van der Waals surface area contributed by atoms with Crippen LogP contribution in [0, 0.1) is 27.2 Å². The van der Waals surface area contributed by atoms with Gasteiger partial charge in [-0.05, 0) is 42.3 Å². The molecule has 3 aromatic carbocycles. The minimum atomic E-state index is -0.660. The molecule has 10 nitrogen and oxygen atoms in total. The number of carbonyl (C=O) groups excluding carboxylic acids is 1. The van der Waals surface area contributed by atoms with E-state index in [1.54, 1.807) is 49.4 Å². The number of aliphatic imine (C=N–C) groups is 1. The van der Waals surface area contributed by atoms with Crippen molar-refractivity contribution in [3.8, 4) is 5.75 Å². The van der Waals surface area contributed by atoms with Crippen LogP contribution >= 0.6 is 0 Å². The lowest BCUT2D eigenvalue weighted by atomic mass is 10.1. The Hall–Kier alpha value is -4.86. The summed E-state index contributed by atoms with van der Waals surface area (Å²) in [7, 11) is 0. The van der Waals surface area contributed by atoms with E-state index >= 15 is 0 Å². The Morgan fingerprint density at radius 3 is 2.44 bits per heavy atom. The van der Waals surface area contributed by atoms with Gasteiger partial charge in [0.25, 0.3) is 11.4 Å². The minimum absolute atomic E-state index is 0.00764. The molecule has 0 amide bonds. The molecule has 4 rings (SSSR count). The molecule has 0 spiro atoms. The number of carbonyl (C=O) groups is 1. The molecule has 0 N–H and O–H groups in total. The Balaban J connectivity index is 1.48. The van der Waals surface area contributed by atoms with E-state index in [0.29, 0.717) is 28.0 Å². The Labute approximate surface area is 193 Å². The van der Waals surface area contributed by atoms with E-state index in [1.165, 1.54) is 30.3 Å². The molecule has 170 valence electrons. The zero-order valence-electron chi connectivity index (χ0n) is 17.8. The van der Waals surface area contributed by atoms with Gasteiger partial charge in [-0.15, -0.1) is 0 Å². The molecule has 0 saturated carbocycles. The first-order chi connectivity index (χ1) is 16.3. The monoisotopic (exact) mass is 459 g/mol. The van der Waals surface area contributed by atoms with Crippen LogP contribution in [-0.2, 0) is 16.1 Å². The van der Waals surface area contributed by atoms with Gasteiger partial charge in [0.05, 0.1) is 9.85 Å². The number of non-ortho nitro benzene ring substituents is 1. The lowest BCUT2D eigenvalue weighted by Gasteiger charge is -2.06. The summed E-state index contributed by atoms with van der Waals surface area (Å²) in [5.74, 6) is -0.111. The number of hydrogen-bond acceptors (Lipinski definition) is 8. The van der Waals surface area contributed by atoms with Gasteiger partial charge in [-0.2, -0.15) is 0 Å². The molecule has 34 heavy (non-hydrogen) atoms. The van der Waals surface area contributed by atoms with Gasteiger partial charge in [0.2, 0.25) is 5.90 Å². The summed E-state index contributed by atoms with van der Waals surface area (Å²) in [4.78, 5) is 37.6. The van der Waals surface area contributed by atoms with Crippen molar-refractivity contribution in [2.45, 2.75) is 13.5 Å². The molecule has 10 heteroatoms. The van der Waals surface area contributed by atoms with Gasteiger partial charge in [0.15, 0.2) is 5.70 Å². The van der Waals surface area contributed by atoms with Gasteiger partial charge >= 0.3 is 5.97 Å². The molecule has 0 aromatic heterocycles. The zero-order valence-corrected chi connectivity index (χ0v) is 17.8. The third kappa shape index (κ3) is 4.80. The topological polar surface area (TPSA) is 134 Å². The van der Waals surface area contributed by atoms with Gasteiger partial charge in [-0.25, -0.2) is 9.79 Å². The molecule has 0 fully saturated rings. The second-order valence-corrected chi connectivity index (χ2v) is 7.33. The van der Waals surface area contributed by atoms with Crippen LogP contribution in [0.15, 0.2) is 77.4 Å². The van der Waals surface area contributed by atoms with Crippen molar-refractivity contribution in [2.24, 2.45) is 4.99 Å². The summed E-state index contributed by atoms with van der Waals surface area (Å²) in [5.41, 5.74) is 2.01. The number of rotatable bonds is 7. The molecule has 0 bridgehead atoms. The highest BCUT2D eigenvalue weighted by Gasteiger charge is 2.27. The summed E-state index contributed by atoms with van der Waals surface area (Å²) in [6, 6.07) is 17.5. The van der Waals surface area contributed by atoms with Crippen molar-refractivity contribution in [1.82, 2.24) is 0 Å². The maximum absolute atomic E-state index is 12.3. The van der Waals surface area contributed by atoms with Gasteiger partial charge in [-0.3, -0.25) is 20.2 Å². The third-order valence-electron chi connectivity index (χ3n) is 5.06. The lowest BCUT2D eigenvalue weighted by molar-refractivity contribution is -0.385. The average Bonchev–Trinajstić information content (AvgIpc) is 3.18. The van der Waals surface area contributed by atoms with Crippen molar-refractivity contribution >= 4 is 29.3 Å². The lowest BCUT2D eigenvalue weighted by Crippen LogP contribution is -2.08. The van der Waals surface area contributed by atoms with Crippen LogP contribution in [-0.4, -0.2) is 21.7 Å². The third-order valence-corrected chi connectivity index (χ3v) is 5.06. The number of nitrogens with zero attached hydrogens (tertiary/aromatic N) is 3. The van der Waals surface area contributed by atoms with E-state index in [2.05, 4.69) is 4.99 Å². The van der Waals surface area contributed by atoms with Crippen molar-refractivity contribution in [2.75, 3.05) is 0 Å². The largest absolute Gasteiger partial charge is 0.489 e. The number of nitro groups is 2. The highest BCUT2D eigenvalue weighted by atomic mass is 16.6.